The van der Waals surface area contributed by atoms with Gasteiger partial charge in [-0.2, -0.15) is 0 Å². The van der Waals surface area contributed by atoms with Crippen LogP contribution in [0.2, 0.25) is 0 Å². The molecule has 0 radical (unpaired) electrons. The van der Waals surface area contributed by atoms with Crippen molar-refractivity contribution >= 4 is 22.5 Å². The summed E-state index contributed by atoms with van der Waals surface area (Å²) >= 11 is 0. The highest BCUT2D eigenvalue weighted by molar-refractivity contribution is 6.09. The van der Waals surface area contributed by atoms with Crippen molar-refractivity contribution < 1.29 is 9.32 Å². The minimum Gasteiger partial charge on any atom is -0.360 e. The lowest BCUT2D eigenvalue weighted by molar-refractivity contribution is 0.102. The van der Waals surface area contributed by atoms with E-state index in [9.17, 15) is 4.79 Å². The van der Waals surface area contributed by atoms with Crippen LogP contribution in [0.25, 0.3) is 16.7 Å². The van der Waals surface area contributed by atoms with E-state index < -0.39 is 0 Å². The van der Waals surface area contributed by atoms with E-state index in [0.717, 1.165) is 33.7 Å². The number of aryl methyl sites for hydroxylation is 2. The second-order valence-corrected chi connectivity index (χ2v) is 6.25. The summed E-state index contributed by atoms with van der Waals surface area (Å²) in [5.74, 6) is 1.23. The summed E-state index contributed by atoms with van der Waals surface area (Å²) in [6, 6.07) is 13.2. The van der Waals surface area contributed by atoms with Crippen LogP contribution in [0.1, 0.15) is 27.5 Å². The first-order valence-electron chi connectivity index (χ1n) is 8.32. The maximum atomic E-state index is 12.9. The summed E-state index contributed by atoms with van der Waals surface area (Å²) in [7, 11) is 0. The number of pyridine rings is 1. The molecule has 0 spiro atoms. The van der Waals surface area contributed by atoms with Gasteiger partial charge in [-0.1, -0.05) is 11.2 Å². The standard InChI is InChI=1S/C20H18N4O2/c1-12-10-16(14(3)24(12)19-11-13(2)26-23-19)20(25)22-18-8-4-7-17-15(18)6-5-9-21-17/h4-11H,1-3H3,(H,22,25). The number of rotatable bonds is 3. The fourth-order valence-electron chi connectivity index (χ4n) is 3.21. The van der Waals surface area contributed by atoms with Crippen LogP contribution in [0.5, 0.6) is 0 Å². The zero-order valence-corrected chi connectivity index (χ0v) is 14.8. The van der Waals surface area contributed by atoms with E-state index in [1.807, 2.05) is 67.8 Å². The number of nitrogens with one attached hydrogen (secondary N) is 1. The number of amides is 1. The lowest BCUT2D eigenvalue weighted by atomic mass is 10.1. The summed E-state index contributed by atoms with van der Waals surface area (Å²) in [4.78, 5) is 17.2. The lowest BCUT2D eigenvalue weighted by Crippen LogP contribution is -2.13. The van der Waals surface area contributed by atoms with E-state index in [1.165, 1.54) is 0 Å². The SMILES string of the molecule is Cc1cc(-n2c(C)cc(C(=O)Nc3cccc4ncccc34)c2C)no1. The van der Waals surface area contributed by atoms with Gasteiger partial charge < -0.3 is 9.84 Å². The molecule has 3 heterocycles. The molecule has 0 unspecified atom stereocenters. The summed E-state index contributed by atoms with van der Waals surface area (Å²) in [6.45, 7) is 5.68. The van der Waals surface area contributed by atoms with Crippen LogP contribution in [0.4, 0.5) is 5.69 Å². The van der Waals surface area contributed by atoms with Crippen LogP contribution in [0.3, 0.4) is 0 Å². The quantitative estimate of drug-likeness (QED) is 0.604. The largest absolute Gasteiger partial charge is 0.360 e. The van der Waals surface area contributed by atoms with Gasteiger partial charge in [-0.3, -0.25) is 14.3 Å². The van der Waals surface area contributed by atoms with Gasteiger partial charge in [0.15, 0.2) is 5.82 Å². The third-order valence-electron chi connectivity index (χ3n) is 4.41. The van der Waals surface area contributed by atoms with Crippen molar-refractivity contribution in [2.45, 2.75) is 20.8 Å². The Morgan fingerprint density at radius 1 is 1.12 bits per heavy atom. The Labute approximate surface area is 150 Å². The molecule has 0 aliphatic carbocycles. The van der Waals surface area contributed by atoms with Crippen molar-refractivity contribution in [3.05, 3.63) is 71.4 Å². The Balaban J connectivity index is 1.71. The molecule has 4 aromatic rings. The van der Waals surface area contributed by atoms with Gasteiger partial charge in [-0.05, 0) is 51.1 Å². The molecular weight excluding hydrogens is 328 g/mol. The molecule has 0 saturated carbocycles. The van der Waals surface area contributed by atoms with E-state index in [1.54, 1.807) is 6.20 Å². The second-order valence-electron chi connectivity index (χ2n) is 6.25. The number of hydrogen-bond acceptors (Lipinski definition) is 4. The summed E-state index contributed by atoms with van der Waals surface area (Å²) in [5, 5.41) is 7.96. The summed E-state index contributed by atoms with van der Waals surface area (Å²) in [5.41, 5.74) is 3.91. The smallest absolute Gasteiger partial charge is 0.257 e. The van der Waals surface area contributed by atoms with E-state index in [-0.39, 0.29) is 5.91 Å². The first-order chi connectivity index (χ1) is 12.5. The number of hydrogen-bond donors (Lipinski definition) is 1. The Kier molecular flexibility index (Phi) is 3.80. The van der Waals surface area contributed by atoms with Crippen LogP contribution < -0.4 is 5.32 Å². The molecule has 1 amide bonds. The molecule has 6 heteroatoms. The molecule has 0 aliphatic heterocycles. The molecule has 1 N–H and O–H groups in total. The predicted molar refractivity (Wildman–Crippen MR) is 99.7 cm³/mol. The van der Waals surface area contributed by atoms with Crippen molar-refractivity contribution in [3.63, 3.8) is 0 Å². The minimum absolute atomic E-state index is 0.166. The van der Waals surface area contributed by atoms with Crippen molar-refractivity contribution in [3.8, 4) is 5.82 Å². The lowest BCUT2D eigenvalue weighted by Gasteiger charge is -2.09. The van der Waals surface area contributed by atoms with Crippen LogP contribution in [-0.2, 0) is 0 Å². The molecular formula is C20H18N4O2. The third kappa shape index (κ3) is 2.65. The Morgan fingerprint density at radius 2 is 1.96 bits per heavy atom. The third-order valence-corrected chi connectivity index (χ3v) is 4.41. The number of nitrogens with zero attached hydrogens (tertiary/aromatic N) is 3. The van der Waals surface area contributed by atoms with Crippen LogP contribution >= 0.6 is 0 Å². The summed E-state index contributed by atoms with van der Waals surface area (Å²) < 4.78 is 7.08. The van der Waals surface area contributed by atoms with Gasteiger partial charge in [-0.15, -0.1) is 0 Å². The van der Waals surface area contributed by atoms with Crippen molar-refractivity contribution in [2.75, 3.05) is 5.32 Å². The van der Waals surface area contributed by atoms with E-state index >= 15 is 0 Å². The fraction of sp³-hybridized carbons (Fsp3) is 0.150. The van der Waals surface area contributed by atoms with Gasteiger partial charge >= 0.3 is 0 Å². The Morgan fingerprint density at radius 3 is 2.73 bits per heavy atom. The molecule has 0 atom stereocenters. The molecule has 6 nitrogen and oxygen atoms in total. The highest BCUT2D eigenvalue weighted by Crippen LogP contribution is 2.25. The summed E-state index contributed by atoms with van der Waals surface area (Å²) in [6.07, 6.45) is 1.74. The average Bonchev–Trinajstić information content (AvgIpc) is 3.18. The van der Waals surface area contributed by atoms with Gasteiger partial charge in [0.1, 0.15) is 5.76 Å². The normalized spacial score (nSPS) is 11.0. The minimum atomic E-state index is -0.166. The van der Waals surface area contributed by atoms with E-state index in [4.69, 9.17) is 4.52 Å². The topological polar surface area (TPSA) is 73.0 Å². The Hall–Kier alpha value is -3.41. The molecule has 0 aliphatic rings. The molecule has 0 fully saturated rings. The molecule has 130 valence electrons. The van der Waals surface area contributed by atoms with Crippen LogP contribution in [-0.4, -0.2) is 20.6 Å². The second kappa shape index (κ2) is 6.15. The zero-order chi connectivity index (χ0) is 18.3. The molecule has 3 aromatic heterocycles. The van der Waals surface area contributed by atoms with E-state index in [0.29, 0.717) is 11.4 Å². The predicted octanol–water partition coefficient (Wildman–Crippen LogP) is 4.19. The number of fused-ring (bicyclic) bond motifs is 1. The Bertz CT molecular complexity index is 1120. The van der Waals surface area contributed by atoms with Crippen LogP contribution in [0.15, 0.2) is 53.2 Å². The zero-order valence-electron chi connectivity index (χ0n) is 14.8. The molecule has 26 heavy (non-hydrogen) atoms. The average molecular weight is 346 g/mol. The number of carbonyl (C=O) groups excluding carboxylic acids is 1. The van der Waals surface area contributed by atoms with E-state index in [2.05, 4.69) is 15.5 Å². The van der Waals surface area contributed by atoms with Crippen molar-refractivity contribution in [2.24, 2.45) is 0 Å². The van der Waals surface area contributed by atoms with Crippen LogP contribution in [0, 0.1) is 20.8 Å². The fourth-order valence-corrected chi connectivity index (χ4v) is 3.21. The molecule has 4 rings (SSSR count). The highest BCUT2D eigenvalue weighted by Gasteiger charge is 2.19. The molecule has 1 aromatic carbocycles. The first-order valence-corrected chi connectivity index (χ1v) is 8.32. The number of carbonyl (C=O) groups is 1. The number of aromatic nitrogens is 3. The molecule has 0 saturated heterocycles. The van der Waals surface area contributed by atoms with Gasteiger partial charge in [-0.25, -0.2) is 0 Å². The number of benzene rings is 1. The van der Waals surface area contributed by atoms with Gasteiger partial charge in [0.2, 0.25) is 0 Å². The maximum Gasteiger partial charge on any atom is 0.257 e. The van der Waals surface area contributed by atoms with Gasteiger partial charge in [0.25, 0.3) is 5.91 Å². The highest BCUT2D eigenvalue weighted by atomic mass is 16.5. The first kappa shape index (κ1) is 16.1. The van der Waals surface area contributed by atoms with Gasteiger partial charge in [0, 0.05) is 29.0 Å². The maximum absolute atomic E-state index is 12.9. The molecule has 0 bridgehead atoms. The van der Waals surface area contributed by atoms with Crippen molar-refractivity contribution in [1.29, 1.82) is 0 Å². The monoisotopic (exact) mass is 346 g/mol. The van der Waals surface area contributed by atoms with Crippen molar-refractivity contribution in [1.82, 2.24) is 14.7 Å². The van der Waals surface area contributed by atoms with Gasteiger partial charge in [0.05, 0.1) is 16.8 Å². The number of anilines is 1.